The summed E-state index contributed by atoms with van der Waals surface area (Å²) in [5.74, 6) is 1.19. The normalized spacial score (nSPS) is 18.3. The second-order valence-electron chi connectivity index (χ2n) is 6.89. The Morgan fingerprint density at radius 1 is 1.29 bits per heavy atom. The number of hydrogen-bond acceptors (Lipinski definition) is 6. The number of hydrogen-bond donors (Lipinski definition) is 0. The van der Waals surface area contributed by atoms with Crippen LogP contribution in [-0.4, -0.2) is 63.8 Å². The van der Waals surface area contributed by atoms with E-state index in [2.05, 4.69) is 10.2 Å². The van der Waals surface area contributed by atoms with Crippen LogP contribution in [0.25, 0.3) is 11.4 Å². The molecule has 3 rings (SSSR count). The molecule has 28 heavy (non-hydrogen) atoms. The predicted molar refractivity (Wildman–Crippen MR) is 111 cm³/mol. The number of benzene rings is 1. The van der Waals surface area contributed by atoms with Gasteiger partial charge in [0.05, 0.1) is 17.3 Å². The van der Waals surface area contributed by atoms with Crippen molar-refractivity contribution in [1.82, 2.24) is 19.7 Å². The Morgan fingerprint density at radius 3 is 2.64 bits per heavy atom. The van der Waals surface area contributed by atoms with Crippen molar-refractivity contribution in [2.75, 3.05) is 23.8 Å². The van der Waals surface area contributed by atoms with Crippen molar-refractivity contribution in [2.24, 2.45) is 0 Å². The van der Waals surface area contributed by atoms with Gasteiger partial charge in [0, 0.05) is 24.7 Å². The molecule has 0 aliphatic carbocycles. The Hall–Kier alpha value is -1.87. The van der Waals surface area contributed by atoms with Gasteiger partial charge in [0.2, 0.25) is 5.91 Å². The molecule has 9 heteroatoms. The maximum absolute atomic E-state index is 12.7. The minimum absolute atomic E-state index is 0.0577. The number of aromatic nitrogens is 3. The van der Waals surface area contributed by atoms with E-state index in [1.807, 2.05) is 49.6 Å². The van der Waals surface area contributed by atoms with E-state index in [4.69, 9.17) is 0 Å². The van der Waals surface area contributed by atoms with Gasteiger partial charge >= 0.3 is 0 Å². The zero-order valence-electron chi connectivity index (χ0n) is 16.5. The average Bonchev–Trinajstić information content (AvgIpc) is 3.23. The Labute approximate surface area is 170 Å². The van der Waals surface area contributed by atoms with E-state index in [1.165, 1.54) is 11.8 Å². The minimum atomic E-state index is -3.02. The van der Waals surface area contributed by atoms with Crippen LogP contribution in [0.5, 0.6) is 0 Å². The minimum Gasteiger partial charge on any atom is -0.338 e. The standard InChI is InChI=1S/C19H26N4O3S2/c1-4-22(15-10-11-28(25,26)13-15)17(24)12-27-19-21-20-18(23(19)5-2)16-9-7-6-8-14(16)3/h6-9,15H,4-5,10-13H2,1-3H3/t15-/m0/s1. The van der Waals surface area contributed by atoms with Crippen LogP contribution >= 0.6 is 11.8 Å². The van der Waals surface area contributed by atoms with Crippen molar-refractivity contribution in [2.45, 2.75) is 44.9 Å². The van der Waals surface area contributed by atoms with Gasteiger partial charge in [-0.2, -0.15) is 0 Å². The van der Waals surface area contributed by atoms with Crippen LogP contribution in [0.1, 0.15) is 25.8 Å². The molecule has 0 unspecified atom stereocenters. The number of aryl methyl sites for hydroxylation is 1. The number of rotatable bonds is 7. The van der Waals surface area contributed by atoms with Gasteiger partial charge in [-0.05, 0) is 32.8 Å². The first-order chi connectivity index (χ1) is 13.4. The van der Waals surface area contributed by atoms with Gasteiger partial charge in [-0.25, -0.2) is 8.42 Å². The second-order valence-corrected chi connectivity index (χ2v) is 10.1. The molecule has 1 saturated heterocycles. The number of carbonyl (C=O) groups excluding carboxylic acids is 1. The highest BCUT2D eigenvalue weighted by Crippen LogP contribution is 2.27. The van der Waals surface area contributed by atoms with E-state index in [-0.39, 0.29) is 29.2 Å². The third kappa shape index (κ3) is 4.41. The molecule has 0 bridgehead atoms. The zero-order chi connectivity index (χ0) is 20.3. The van der Waals surface area contributed by atoms with Gasteiger partial charge in [-0.1, -0.05) is 36.0 Å². The highest BCUT2D eigenvalue weighted by Gasteiger charge is 2.33. The van der Waals surface area contributed by atoms with Crippen LogP contribution in [0.15, 0.2) is 29.4 Å². The van der Waals surface area contributed by atoms with E-state index in [0.29, 0.717) is 24.7 Å². The summed E-state index contributed by atoms with van der Waals surface area (Å²) < 4.78 is 25.5. The maximum atomic E-state index is 12.7. The van der Waals surface area contributed by atoms with E-state index in [0.717, 1.165) is 17.0 Å². The molecule has 2 heterocycles. The van der Waals surface area contributed by atoms with Crippen LogP contribution in [0.2, 0.25) is 0 Å². The zero-order valence-corrected chi connectivity index (χ0v) is 18.1. The van der Waals surface area contributed by atoms with Gasteiger partial charge in [0.25, 0.3) is 0 Å². The Bertz CT molecular complexity index is 956. The molecule has 1 amide bonds. The van der Waals surface area contributed by atoms with Crippen molar-refractivity contribution >= 4 is 27.5 Å². The average molecular weight is 423 g/mol. The molecule has 7 nitrogen and oxygen atoms in total. The van der Waals surface area contributed by atoms with E-state index < -0.39 is 9.84 Å². The van der Waals surface area contributed by atoms with Crippen LogP contribution in [0, 0.1) is 6.92 Å². The van der Waals surface area contributed by atoms with Crippen LogP contribution in [0.4, 0.5) is 0 Å². The molecule has 0 saturated carbocycles. The number of thioether (sulfide) groups is 1. The first-order valence-corrected chi connectivity index (χ1v) is 12.3. The van der Waals surface area contributed by atoms with Crippen molar-refractivity contribution in [3.05, 3.63) is 29.8 Å². The molecule has 1 aliphatic rings. The summed E-state index contributed by atoms with van der Waals surface area (Å²) in [5, 5.41) is 9.34. The summed E-state index contributed by atoms with van der Waals surface area (Å²) in [6, 6.07) is 7.80. The summed E-state index contributed by atoms with van der Waals surface area (Å²) in [7, 11) is -3.02. The number of nitrogens with zero attached hydrogens (tertiary/aromatic N) is 4. The molecular weight excluding hydrogens is 396 g/mol. The SMILES string of the molecule is CCN(C(=O)CSc1nnc(-c2ccccc2C)n1CC)[C@H]1CCS(=O)(=O)C1. The lowest BCUT2D eigenvalue weighted by Gasteiger charge is -2.26. The Morgan fingerprint density at radius 2 is 2.04 bits per heavy atom. The van der Waals surface area contributed by atoms with Crippen molar-refractivity contribution in [3.8, 4) is 11.4 Å². The van der Waals surface area contributed by atoms with E-state index in [9.17, 15) is 13.2 Å². The smallest absolute Gasteiger partial charge is 0.233 e. The van der Waals surface area contributed by atoms with Crippen molar-refractivity contribution < 1.29 is 13.2 Å². The van der Waals surface area contributed by atoms with Gasteiger partial charge in [0.1, 0.15) is 0 Å². The number of sulfone groups is 1. The van der Waals surface area contributed by atoms with Crippen LogP contribution in [-0.2, 0) is 21.2 Å². The van der Waals surface area contributed by atoms with Crippen molar-refractivity contribution in [3.63, 3.8) is 0 Å². The fraction of sp³-hybridized carbons (Fsp3) is 0.526. The van der Waals surface area contributed by atoms with Gasteiger partial charge in [-0.3, -0.25) is 4.79 Å². The third-order valence-electron chi connectivity index (χ3n) is 5.05. The van der Waals surface area contributed by atoms with E-state index in [1.54, 1.807) is 4.90 Å². The molecule has 1 aliphatic heterocycles. The fourth-order valence-electron chi connectivity index (χ4n) is 3.57. The monoisotopic (exact) mass is 422 g/mol. The molecule has 1 fully saturated rings. The van der Waals surface area contributed by atoms with Gasteiger partial charge in [-0.15, -0.1) is 10.2 Å². The summed E-state index contributed by atoms with van der Waals surface area (Å²) in [5.41, 5.74) is 2.15. The third-order valence-corrected chi connectivity index (χ3v) is 7.76. The lowest BCUT2D eigenvalue weighted by molar-refractivity contribution is -0.129. The quantitative estimate of drug-likeness (QED) is 0.637. The second kappa shape index (κ2) is 8.65. The first-order valence-electron chi connectivity index (χ1n) is 9.48. The Balaban J connectivity index is 1.72. The molecule has 1 aromatic heterocycles. The number of amides is 1. The predicted octanol–water partition coefficient (Wildman–Crippen LogP) is 2.40. The molecule has 152 valence electrons. The van der Waals surface area contributed by atoms with Crippen LogP contribution < -0.4 is 0 Å². The lowest BCUT2D eigenvalue weighted by atomic mass is 10.1. The summed E-state index contributed by atoms with van der Waals surface area (Å²) in [4.78, 5) is 14.4. The molecule has 1 atom stereocenters. The highest BCUT2D eigenvalue weighted by atomic mass is 32.2. The highest BCUT2D eigenvalue weighted by molar-refractivity contribution is 7.99. The van der Waals surface area contributed by atoms with Crippen LogP contribution in [0.3, 0.4) is 0 Å². The molecule has 1 aromatic carbocycles. The van der Waals surface area contributed by atoms with E-state index >= 15 is 0 Å². The first kappa shape index (κ1) is 20.9. The Kier molecular flexibility index (Phi) is 6.44. The lowest BCUT2D eigenvalue weighted by Crippen LogP contribution is -2.42. The largest absolute Gasteiger partial charge is 0.338 e. The molecular formula is C19H26N4O3S2. The maximum Gasteiger partial charge on any atom is 0.233 e. The van der Waals surface area contributed by atoms with Crippen molar-refractivity contribution in [1.29, 1.82) is 0 Å². The fourth-order valence-corrected chi connectivity index (χ4v) is 6.19. The molecule has 0 radical (unpaired) electrons. The van der Waals surface area contributed by atoms with Gasteiger partial charge in [0.15, 0.2) is 20.8 Å². The molecule has 0 spiro atoms. The summed E-state index contributed by atoms with van der Waals surface area (Å²) in [6.45, 7) is 7.16. The topological polar surface area (TPSA) is 85.2 Å². The molecule has 2 aromatic rings. The number of carbonyl (C=O) groups is 1. The summed E-state index contributed by atoms with van der Waals surface area (Å²) in [6.07, 6.45) is 0.523. The summed E-state index contributed by atoms with van der Waals surface area (Å²) >= 11 is 1.35. The van der Waals surface area contributed by atoms with Gasteiger partial charge < -0.3 is 9.47 Å². The molecule has 0 N–H and O–H groups in total.